The minimum absolute atomic E-state index is 0.254. The predicted octanol–water partition coefficient (Wildman–Crippen LogP) is 3.84. The van der Waals surface area contributed by atoms with Gasteiger partial charge in [-0.1, -0.05) is 0 Å². The quantitative estimate of drug-likeness (QED) is 0.258. The summed E-state index contributed by atoms with van der Waals surface area (Å²) in [7, 11) is 0. The Bertz CT molecular complexity index is 1730. The van der Waals surface area contributed by atoms with Crippen LogP contribution in [0.2, 0.25) is 0 Å². The van der Waals surface area contributed by atoms with Crippen LogP contribution in [0.3, 0.4) is 0 Å². The maximum Gasteiger partial charge on any atom is 0.407 e. The Kier molecular flexibility index (Phi) is 6.77. The van der Waals surface area contributed by atoms with Crippen molar-refractivity contribution in [2.75, 3.05) is 36.5 Å². The van der Waals surface area contributed by atoms with E-state index in [0.29, 0.717) is 57.4 Å². The molecule has 0 spiro atoms. The maximum absolute atomic E-state index is 11.5. The lowest BCUT2D eigenvalue weighted by atomic mass is 10.2. The number of halogens is 1. The van der Waals surface area contributed by atoms with Crippen LogP contribution in [0.25, 0.3) is 16.7 Å². The number of fused-ring (bicyclic) bond motifs is 2. The molecule has 0 bridgehead atoms. The van der Waals surface area contributed by atoms with E-state index >= 15 is 0 Å². The molecule has 1 unspecified atom stereocenters. The number of nitrogens with one attached hydrogen (secondary N) is 1. The van der Waals surface area contributed by atoms with E-state index in [9.17, 15) is 15.0 Å². The SMILES string of the molecule is Cc1cc(Nc2ncnc3cc(Br)c(N4CCN(C(=O)O)C(CO)C4)nc23)ccc1Oc1ccn2ncnc2c1. The maximum atomic E-state index is 11.5. The summed E-state index contributed by atoms with van der Waals surface area (Å²) in [6.45, 7) is 2.67. The van der Waals surface area contributed by atoms with Crippen molar-refractivity contribution < 1.29 is 19.7 Å². The number of aryl methyl sites for hydroxylation is 1. The Morgan fingerprint density at radius 3 is 2.83 bits per heavy atom. The van der Waals surface area contributed by atoms with E-state index in [1.165, 1.54) is 17.6 Å². The molecular formula is C26H24BrN9O4. The Morgan fingerprint density at radius 1 is 1.15 bits per heavy atom. The molecule has 1 amide bonds. The molecule has 40 heavy (non-hydrogen) atoms. The number of carboxylic acid groups (broad SMARTS) is 1. The molecule has 0 aliphatic carbocycles. The summed E-state index contributed by atoms with van der Waals surface area (Å²) >= 11 is 3.59. The molecule has 5 heterocycles. The van der Waals surface area contributed by atoms with Crippen LogP contribution < -0.4 is 15.0 Å². The summed E-state index contributed by atoms with van der Waals surface area (Å²) < 4.78 is 8.46. The van der Waals surface area contributed by atoms with Crippen LogP contribution in [0.5, 0.6) is 11.5 Å². The number of nitrogens with zero attached hydrogens (tertiary/aromatic N) is 8. The first-order valence-electron chi connectivity index (χ1n) is 12.4. The largest absolute Gasteiger partial charge is 0.465 e. The number of pyridine rings is 2. The minimum Gasteiger partial charge on any atom is -0.465 e. The van der Waals surface area contributed by atoms with Crippen molar-refractivity contribution in [1.29, 1.82) is 0 Å². The number of hydrogen-bond donors (Lipinski definition) is 3. The first-order chi connectivity index (χ1) is 19.4. The van der Waals surface area contributed by atoms with Crippen LogP contribution in [-0.2, 0) is 0 Å². The van der Waals surface area contributed by atoms with E-state index in [2.05, 4.69) is 41.3 Å². The molecule has 1 aromatic carbocycles. The summed E-state index contributed by atoms with van der Waals surface area (Å²) in [5.41, 5.74) is 3.59. The number of benzene rings is 1. The lowest BCUT2D eigenvalue weighted by Crippen LogP contribution is -2.56. The monoisotopic (exact) mass is 605 g/mol. The van der Waals surface area contributed by atoms with Crippen LogP contribution in [0.15, 0.2) is 59.7 Å². The molecule has 4 aromatic heterocycles. The van der Waals surface area contributed by atoms with Crippen LogP contribution in [0.4, 0.5) is 22.1 Å². The number of ether oxygens (including phenoxy) is 1. The predicted molar refractivity (Wildman–Crippen MR) is 150 cm³/mol. The topological polar surface area (TPSA) is 154 Å². The highest BCUT2D eigenvalue weighted by atomic mass is 79.9. The normalized spacial score (nSPS) is 15.5. The van der Waals surface area contributed by atoms with Gasteiger partial charge < -0.3 is 25.2 Å². The molecular weight excluding hydrogens is 582 g/mol. The average molecular weight is 606 g/mol. The van der Waals surface area contributed by atoms with Gasteiger partial charge in [0.2, 0.25) is 0 Å². The fourth-order valence-corrected chi connectivity index (χ4v) is 5.24. The van der Waals surface area contributed by atoms with E-state index in [0.717, 1.165) is 11.3 Å². The molecule has 1 fully saturated rings. The summed E-state index contributed by atoms with van der Waals surface area (Å²) in [5, 5.41) is 26.7. The van der Waals surface area contributed by atoms with E-state index < -0.39 is 12.1 Å². The Balaban J connectivity index is 1.25. The lowest BCUT2D eigenvalue weighted by molar-refractivity contribution is 0.0909. The highest BCUT2D eigenvalue weighted by molar-refractivity contribution is 9.10. The number of aliphatic hydroxyl groups is 1. The Hall–Kier alpha value is -4.56. The number of rotatable bonds is 6. The number of anilines is 3. The van der Waals surface area contributed by atoms with E-state index in [-0.39, 0.29) is 13.2 Å². The highest BCUT2D eigenvalue weighted by Crippen LogP contribution is 2.33. The first kappa shape index (κ1) is 25.7. The van der Waals surface area contributed by atoms with Gasteiger partial charge in [0, 0.05) is 37.6 Å². The zero-order chi connectivity index (χ0) is 27.8. The summed E-state index contributed by atoms with van der Waals surface area (Å²) in [5.74, 6) is 2.50. The van der Waals surface area contributed by atoms with Crippen LogP contribution in [0.1, 0.15) is 5.56 Å². The third-order valence-corrected chi connectivity index (χ3v) is 7.29. The van der Waals surface area contributed by atoms with Gasteiger partial charge in [0.1, 0.15) is 35.5 Å². The summed E-state index contributed by atoms with van der Waals surface area (Å²) in [4.78, 5) is 32.6. The average Bonchev–Trinajstić information content (AvgIpc) is 3.42. The second kappa shape index (κ2) is 10.5. The first-order valence-corrected chi connectivity index (χ1v) is 13.2. The number of aromatic nitrogens is 6. The molecule has 6 rings (SSSR count). The van der Waals surface area contributed by atoms with Crippen molar-refractivity contribution in [3.05, 3.63) is 65.3 Å². The molecule has 0 saturated carbocycles. The van der Waals surface area contributed by atoms with Gasteiger partial charge in [-0.2, -0.15) is 5.10 Å². The molecule has 1 aliphatic heterocycles. The van der Waals surface area contributed by atoms with Crippen molar-refractivity contribution >= 4 is 56.0 Å². The standard InChI is InChI=1S/C26H24BrN9O4/c1-15-8-16(2-3-21(15)40-18-4-5-36-22(9-18)29-14-31-36)32-24-23-20(28-13-30-24)10-19(27)25(33-23)34-6-7-35(26(38)39)17(11-34)12-37/h2-5,8-10,13-14,17,37H,6-7,11-12H2,1H3,(H,38,39)(H,28,30,32). The van der Waals surface area contributed by atoms with Gasteiger partial charge in [-0.15, -0.1) is 0 Å². The zero-order valence-corrected chi connectivity index (χ0v) is 22.9. The van der Waals surface area contributed by atoms with Gasteiger partial charge in [-0.3, -0.25) is 4.90 Å². The van der Waals surface area contributed by atoms with Gasteiger partial charge in [0.25, 0.3) is 0 Å². The van der Waals surface area contributed by atoms with E-state index in [1.807, 2.05) is 48.2 Å². The minimum atomic E-state index is -1.05. The van der Waals surface area contributed by atoms with Crippen molar-refractivity contribution in [1.82, 2.24) is 34.4 Å². The number of carbonyl (C=O) groups is 1. The lowest BCUT2D eigenvalue weighted by Gasteiger charge is -2.40. The molecule has 1 aliphatic rings. The third kappa shape index (κ3) is 4.94. The molecule has 204 valence electrons. The fourth-order valence-electron chi connectivity index (χ4n) is 4.69. The molecule has 1 atom stereocenters. The second-order valence-electron chi connectivity index (χ2n) is 9.27. The van der Waals surface area contributed by atoms with Gasteiger partial charge >= 0.3 is 6.09 Å². The molecule has 13 nitrogen and oxygen atoms in total. The van der Waals surface area contributed by atoms with Crippen molar-refractivity contribution in [3.63, 3.8) is 0 Å². The van der Waals surface area contributed by atoms with Gasteiger partial charge in [0.05, 0.1) is 22.6 Å². The summed E-state index contributed by atoms with van der Waals surface area (Å²) in [6.07, 6.45) is 3.70. The van der Waals surface area contributed by atoms with Gasteiger partial charge in [-0.05, 0) is 58.7 Å². The Morgan fingerprint density at radius 2 is 2.02 bits per heavy atom. The van der Waals surface area contributed by atoms with E-state index in [1.54, 1.807) is 10.7 Å². The van der Waals surface area contributed by atoms with Gasteiger partial charge in [-0.25, -0.2) is 29.2 Å². The number of amides is 1. The molecule has 14 heteroatoms. The highest BCUT2D eigenvalue weighted by Gasteiger charge is 2.31. The molecule has 0 radical (unpaired) electrons. The van der Waals surface area contributed by atoms with Crippen molar-refractivity contribution in [3.8, 4) is 11.5 Å². The van der Waals surface area contributed by atoms with Crippen LogP contribution in [0, 0.1) is 6.92 Å². The van der Waals surface area contributed by atoms with Crippen molar-refractivity contribution in [2.45, 2.75) is 13.0 Å². The van der Waals surface area contributed by atoms with Crippen molar-refractivity contribution in [2.24, 2.45) is 0 Å². The fraction of sp³-hybridized carbons (Fsp3) is 0.231. The van der Waals surface area contributed by atoms with Gasteiger partial charge in [0.15, 0.2) is 11.5 Å². The molecule has 5 aromatic rings. The zero-order valence-electron chi connectivity index (χ0n) is 21.3. The second-order valence-corrected chi connectivity index (χ2v) is 10.1. The number of hydrogen-bond acceptors (Lipinski definition) is 10. The molecule has 3 N–H and O–H groups in total. The number of piperazine rings is 1. The smallest absolute Gasteiger partial charge is 0.407 e. The van der Waals surface area contributed by atoms with E-state index in [4.69, 9.17) is 9.72 Å². The van der Waals surface area contributed by atoms with Crippen LogP contribution in [-0.4, -0.2) is 83.0 Å². The summed E-state index contributed by atoms with van der Waals surface area (Å²) in [6, 6.07) is 10.7. The number of aliphatic hydroxyl groups excluding tert-OH is 1. The molecule has 1 saturated heterocycles. The Labute approximate surface area is 236 Å². The third-order valence-electron chi connectivity index (χ3n) is 6.70. The van der Waals surface area contributed by atoms with Crippen LogP contribution >= 0.6 is 15.9 Å².